The van der Waals surface area contributed by atoms with Crippen LogP contribution in [0.5, 0.6) is 0 Å². The largest absolute Gasteiger partial charge is 0.343 e. The summed E-state index contributed by atoms with van der Waals surface area (Å²) >= 11 is 1.73. The van der Waals surface area contributed by atoms with Crippen molar-refractivity contribution in [1.82, 2.24) is 15.1 Å². The van der Waals surface area contributed by atoms with Crippen LogP contribution in [0.15, 0.2) is 18.2 Å². The van der Waals surface area contributed by atoms with Gasteiger partial charge in [-0.25, -0.2) is 0 Å². The Morgan fingerprint density at radius 2 is 1.64 bits per heavy atom. The zero-order valence-electron chi connectivity index (χ0n) is 19.4. The molecule has 33 heavy (non-hydrogen) atoms. The van der Waals surface area contributed by atoms with Crippen molar-refractivity contribution in [1.29, 1.82) is 0 Å². The number of piperazine rings is 1. The number of benzene rings is 1. The molecule has 0 bridgehead atoms. The Balaban J connectivity index is 1.09. The van der Waals surface area contributed by atoms with Gasteiger partial charge in [0.15, 0.2) is 5.78 Å². The van der Waals surface area contributed by atoms with Gasteiger partial charge in [0.1, 0.15) is 5.01 Å². The quantitative estimate of drug-likeness (QED) is 0.574. The molecule has 1 aromatic heterocycles. The SMILES string of the molecule is O=C(CCC(=O)N1CCN(c2nnc(C3CCCCC3)s2)CC1)c1ccc2c(c1)CCCC2. The number of carbonyl (C=O) groups is 2. The number of fused-ring (bicyclic) bond motifs is 1. The standard InChI is InChI=1S/C26H34N4O2S/c31-23(22-11-10-19-6-4-5-9-21(19)18-22)12-13-24(32)29-14-16-30(17-15-29)26-28-27-25(33-26)20-7-2-1-3-8-20/h10-11,18,20H,1-9,12-17H2. The van der Waals surface area contributed by atoms with Gasteiger partial charge in [-0.2, -0.15) is 0 Å². The Hall–Kier alpha value is -2.28. The summed E-state index contributed by atoms with van der Waals surface area (Å²) in [7, 11) is 0. The second-order valence-electron chi connectivity index (χ2n) is 9.74. The third kappa shape index (κ3) is 5.29. The van der Waals surface area contributed by atoms with E-state index in [2.05, 4.69) is 27.2 Å². The van der Waals surface area contributed by atoms with Crippen LogP contribution in [0.3, 0.4) is 0 Å². The predicted octanol–water partition coefficient (Wildman–Crippen LogP) is 4.78. The molecule has 5 rings (SSSR count). The van der Waals surface area contributed by atoms with Gasteiger partial charge in [-0.15, -0.1) is 10.2 Å². The molecule has 0 unspecified atom stereocenters. The van der Waals surface area contributed by atoms with Gasteiger partial charge in [-0.05, 0) is 55.7 Å². The lowest BCUT2D eigenvalue weighted by atomic mass is 9.89. The van der Waals surface area contributed by atoms with Gasteiger partial charge in [0.25, 0.3) is 0 Å². The van der Waals surface area contributed by atoms with Crippen LogP contribution in [-0.4, -0.2) is 53.0 Å². The normalized spacial score (nSPS) is 19.4. The molecular weight excluding hydrogens is 432 g/mol. The van der Waals surface area contributed by atoms with E-state index < -0.39 is 0 Å². The molecule has 1 saturated heterocycles. The smallest absolute Gasteiger partial charge is 0.223 e. The van der Waals surface area contributed by atoms with Gasteiger partial charge in [-0.1, -0.05) is 42.7 Å². The number of hydrogen-bond acceptors (Lipinski definition) is 6. The fourth-order valence-corrected chi connectivity index (χ4v) is 6.51. The van der Waals surface area contributed by atoms with Crippen LogP contribution < -0.4 is 4.90 Å². The number of carbonyl (C=O) groups excluding carboxylic acids is 2. The predicted molar refractivity (Wildman–Crippen MR) is 131 cm³/mol. The lowest BCUT2D eigenvalue weighted by Gasteiger charge is -2.34. The van der Waals surface area contributed by atoms with Crippen molar-refractivity contribution in [2.75, 3.05) is 31.1 Å². The van der Waals surface area contributed by atoms with Gasteiger partial charge < -0.3 is 9.80 Å². The summed E-state index contributed by atoms with van der Waals surface area (Å²) in [4.78, 5) is 29.6. The second-order valence-corrected chi connectivity index (χ2v) is 10.7. The summed E-state index contributed by atoms with van der Waals surface area (Å²) in [5.74, 6) is 0.751. The molecule has 0 N–H and O–H groups in total. The molecule has 2 fully saturated rings. The lowest BCUT2D eigenvalue weighted by Crippen LogP contribution is -2.48. The highest BCUT2D eigenvalue weighted by Crippen LogP contribution is 2.36. The molecule has 1 amide bonds. The van der Waals surface area contributed by atoms with E-state index in [0.717, 1.165) is 36.6 Å². The van der Waals surface area contributed by atoms with Crippen molar-refractivity contribution in [2.45, 2.75) is 76.5 Å². The Kier molecular flexibility index (Phi) is 7.04. The second kappa shape index (κ2) is 10.3. The Bertz CT molecular complexity index is 990. The van der Waals surface area contributed by atoms with Crippen molar-refractivity contribution in [2.24, 2.45) is 0 Å². The molecule has 6 nitrogen and oxygen atoms in total. The van der Waals surface area contributed by atoms with Crippen LogP contribution in [0.25, 0.3) is 0 Å². The third-order valence-electron chi connectivity index (χ3n) is 7.52. The van der Waals surface area contributed by atoms with E-state index in [-0.39, 0.29) is 11.7 Å². The zero-order chi connectivity index (χ0) is 22.6. The summed E-state index contributed by atoms with van der Waals surface area (Å²) in [5, 5.41) is 11.1. The number of anilines is 1. The van der Waals surface area contributed by atoms with Crippen LogP contribution in [-0.2, 0) is 17.6 Å². The van der Waals surface area contributed by atoms with Crippen molar-refractivity contribution in [3.05, 3.63) is 39.9 Å². The maximum atomic E-state index is 12.8. The number of aryl methyl sites for hydroxylation is 2. The number of ketones is 1. The Labute approximate surface area is 200 Å². The van der Waals surface area contributed by atoms with Crippen LogP contribution in [0.4, 0.5) is 5.13 Å². The summed E-state index contributed by atoms with van der Waals surface area (Å²) in [6, 6.07) is 6.11. The fourth-order valence-electron chi connectivity index (χ4n) is 5.45. The molecule has 1 aromatic carbocycles. The Morgan fingerprint density at radius 3 is 2.42 bits per heavy atom. The molecule has 3 aliphatic rings. The lowest BCUT2D eigenvalue weighted by molar-refractivity contribution is -0.131. The molecule has 2 aromatic rings. The highest BCUT2D eigenvalue weighted by molar-refractivity contribution is 7.15. The topological polar surface area (TPSA) is 66.4 Å². The number of aromatic nitrogens is 2. The van der Waals surface area contributed by atoms with E-state index in [1.165, 1.54) is 61.1 Å². The first-order chi connectivity index (χ1) is 16.2. The van der Waals surface area contributed by atoms with E-state index in [1.54, 1.807) is 11.3 Å². The van der Waals surface area contributed by atoms with Gasteiger partial charge in [0.05, 0.1) is 0 Å². The first kappa shape index (κ1) is 22.5. The fraction of sp³-hybridized carbons (Fsp3) is 0.615. The summed E-state index contributed by atoms with van der Waals surface area (Å²) in [6.07, 6.45) is 11.6. The number of hydrogen-bond donors (Lipinski definition) is 0. The zero-order valence-corrected chi connectivity index (χ0v) is 20.2. The minimum absolute atomic E-state index is 0.0828. The number of Topliss-reactive ketones (excluding diaryl/α,β-unsaturated/α-hetero) is 1. The molecular formula is C26H34N4O2S. The van der Waals surface area contributed by atoms with Crippen molar-refractivity contribution in [3.63, 3.8) is 0 Å². The average Bonchev–Trinajstić information content (AvgIpc) is 3.38. The molecule has 0 atom stereocenters. The number of rotatable bonds is 6. The molecule has 2 aliphatic carbocycles. The van der Waals surface area contributed by atoms with Crippen molar-refractivity contribution in [3.8, 4) is 0 Å². The summed E-state index contributed by atoms with van der Waals surface area (Å²) < 4.78 is 0. The van der Waals surface area contributed by atoms with E-state index in [0.29, 0.717) is 31.8 Å². The van der Waals surface area contributed by atoms with Crippen molar-refractivity contribution < 1.29 is 9.59 Å². The molecule has 176 valence electrons. The minimum atomic E-state index is 0.0828. The van der Waals surface area contributed by atoms with Crippen LogP contribution in [0.1, 0.15) is 90.2 Å². The monoisotopic (exact) mass is 466 g/mol. The van der Waals surface area contributed by atoms with Gasteiger partial charge in [-0.3, -0.25) is 9.59 Å². The van der Waals surface area contributed by atoms with E-state index in [9.17, 15) is 9.59 Å². The summed E-state index contributed by atoms with van der Waals surface area (Å²) in [5.41, 5.74) is 3.46. The molecule has 0 spiro atoms. The van der Waals surface area contributed by atoms with Crippen LogP contribution >= 0.6 is 11.3 Å². The average molecular weight is 467 g/mol. The van der Waals surface area contributed by atoms with E-state index in [4.69, 9.17) is 0 Å². The van der Waals surface area contributed by atoms with Gasteiger partial charge in [0, 0.05) is 50.5 Å². The first-order valence-corrected chi connectivity index (χ1v) is 13.5. The summed E-state index contributed by atoms with van der Waals surface area (Å²) in [6.45, 7) is 2.93. The maximum Gasteiger partial charge on any atom is 0.223 e. The molecule has 7 heteroatoms. The number of amides is 1. The van der Waals surface area contributed by atoms with E-state index >= 15 is 0 Å². The highest BCUT2D eigenvalue weighted by atomic mass is 32.1. The van der Waals surface area contributed by atoms with Crippen molar-refractivity contribution >= 4 is 28.2 Å². The van der Waals surface area contributed by atoms with Gasteiger partial charge in [0.2, 0.25) is 11.0 Å². The number of nitrogens with zero attached hydrogens (tertiary/aromatic N) is 4. The molecule has 1 aliphatic heterocycles. The minimum Gasteiger partial charge on any atom is -0.343 e. The highest BCUT2D eigenvalue weighted by Gasteiger charge is 2.26. The molecule has 2 heterocycles. The first-order valence-electron chi connectivity index (χ1n) is 12.7. The Morgan fingerprint density at radius 1 is 0.879 bits per heavy atom. The van der Waals surface area contributed by atoms with Gasteiger partial charge >= 0.3 is 0 Å². The molecule has 1 saturated carbocycles. The van der Waals surface area contributed by atoms with Crippen LogP contribution in [0.2, 0.25) is 0 Å². The van der Waals surface area contributed by atoms with Crippen LogP contribution in [0, 0.1) is 0 Å². The third-order valence-corrected chi connectivity index (χ3v) is 8.67. The molecule has 0 radical (unpaired) electrons. The van der Waals surface area contributed by atoms with E-state index in [1.807, 2.05) is 11.0 Å². The maximum absolute atomic E-state index is 12.8.